The molecule has 1 aliphatic carbocycles. The third-order valence-electron chi connectivity index (χ3n) is 3.56. The normalized spacial score (nSPS) is 15.8. The van der Waals surface area contributed by atoms with Crippen LogP contribution >= 0.6 is 34.2 Å². The fourth-order valence-corrected chi connectivity index (χ4v) is 3.37. The highest BCUT2D eigenvalue weighted by molar-refractivity contribution is 14.1. The molecule has 0 saturated heterocycles. The maximum atomic E-state index is 6.26. The molecule has 0 atom stereocenters. The lowest BCUT2D eigenvalue weighted by atomic mass is 10.0. The molecule has 6 heteroatoms. The zero-order valence-corrected chi connectivity index (χ0v) is 14.0. The van der Waals surface area contributed by atoms with Crippen molar-refractivity contribution in [1.82, 2.24) is 19.9 Å². The first kappa shape index (κ1) is 14.1. The quantitative estimate of drug-likeness (QED) is 0.561. The van der Waals surface area contributed by atoms with Crippen LogP contribution in [0.25, 0.3) is 11.6 Å². The Bertz CT molecular complexity index is 624. The molecular weight excluding hydrogens is 387 g/mol. The average molecular weight is 401 g/mol. The first-order valence-electron chi connectivity index (χ1n) is 6.67. The summed E-state index contributed by atoms with van der Waals surface area (Å²) in [7, 11) is 0. The third-order valence-corrected chi connectivity index (χ3v) is 5.22. The lowest BCUT2D eigenvalue weighted by Crippen LogP contribution is -2.06. The predicted octanol–water partition coefficient (Wildman–Crippen LogP) is 4.16. The number of hydrogen-bond donors (Lipinski definition) is 0. The Labute approximate surface area is 136 Å². The zero-order chi connectivity index (χ0) is 14.1. The van der Waals surface area contributed by atoms with Gasteiger partial charge in [0.05, 0.1) is 9.26 Å². The van der Waals surface area contributed by atoms with Crippen LogP contribution < -0.4 is 0 Å². The first-order chi connectivity index (χ1) is 9.65. The highest BCUT2D eigenvalue weighted by Gasteiger charge is 2.24. The summed E-state index contributed by atoms with van der Waals surface area (Å²) in [6.07, 6.45) is 8.42. The number of hydrogen-bond acceptors (Lipinski definition) is 4. The van der Waals surface area contributed by atoms with Crippen molar-refractivity contribution < 1.29 is 0 Å². The van der Waals surface area contributed by atoms with Gasteiger partial charge in [0.2, 0.25) is 0 Å². The molecule has 2 aromatic rings. The smallest absolute Gasteiger partial charge is 0.199 e. The Morgan fingerprint density at radius 3 is 2.40 bits per heavy atom. The highest BCUT2D eigenvalue weighted by atomic mass is 127. The molecule has 0 bridgehead atoms. The summed E-state index contributed by atoms with van der Waals surface area (Å²) >= 11 is 8.50. The summed E-state index contributed by atoms with van der Waals surface area (Å²) in [6.45, 7) is 1.95. The van der Waals surface area contributed by atoms with Gasteiger partial charge in [-0.3, -0.25) is 0 Å². The first-order valence-corrected chi connectivity index (χ1v) is 8.13. The SMILES string of the molecule is Cc1cnc(-c2nc(Cl)c(I)c(C3CCCC3)n2)nc1. The molecule has 4 nitrogen and oxygen atoms in total. The molecule has 0 radical (unpaired) electrons. The second-order valence-corrected chi connectivity index (χ2v) is 6.54. The van der Waals surface area contributed by atoms with Gasteiger partial charge in [-0.1, -0.05) is 24.4 Å². The van der Waals surface area contributed by atoms with E-state index in [4.69, 9.17) is 11.6 Å². The predicted molar refractivity (Wildman–Crippen MR) is 86.7 cm³/mol. The molecule has 0 spiro atoms. The number of aromatic nitrogens is 4. The summed E-state index contributed by atoms with van der Waals surface area (Å²) in [4.78, 5) is 17.6. The van der Waals surface area contributed by atoms with E-state index in [0.29, 0.717) is 22.7 Å². The van der Waals surface area contributed by atoms with Crippen LogP contribution in [0.3, 0.4) is 0 Å². The second-order valence-electron chi connectivity index (χ2n) is 5.10. The fraction of sp³-hybridized carbons (Fsp3) is 0.429. The molecule has 104 valence electrons. The maximum Gasteiger partial charge on any atom is 0.199 e. The number of aryl methyl sites for hydroxylation is 1. The molecule has 1 aliphatic rings. The summed E-state index contributed by atoms with van der Waals surface area (Å²) in [6, 6.07) is 0. The molecule has 3 rings (SSSR count). The van der Waals surface area contributed by atoms with Crippen LogP contribution in [0, 0.1) is 10.5 Å². The Hall–Kier alpha value is -0.820. The minimum atomic E-state index is 0.492. The number of nitrogens with zero attached hydrogens (tertiary/aromatic N) is 4. The van der Waals surface area contributed by atoms with Gasteiger partial charge in [-0.2, -0.15) is 0 Å². The third kappa shape index (κ3) is 2.79. The zero-order valence-electron chi connectivity index (χ0n) is 11.1. The van der Waals surface area contributed by atoms with Crippen molar-refractivity contribution in [3.63, 3.8) is 0 Å². The largest absolute Gasteiger partial charge is 0.234 e. The molecule has 0 amide bonds. The van der Waals surface area contributed by atoms with E-state index in [1.54, 1.807) is 12.4 Å². The lowest BCUT2D eigenvalue weighted by molar-refractivity contribution is 0.689. The Morgan fingerprint density at radius 2 is 1.75 bits per heavy atom. The average Bonchev–Trinajstić information content (AvgIpc) is 2.96. The van der Waals surface area contributed by atoms with Crippen LogP contribution in [0.1, 0.15) is 42.9 Å². The fourth-order valence-electron chi connectivity index (χ4n) is 2.51. The van der Waals surface area contributed by atoms with Crippen molar-refractivity contribution in [2.75, 3.05) is 0 Å². The van der Waals surface area contributed by atoms with Gasteiger partial charge in [0.15, 0.2) is 11.6 Å². The van der Waals surface area contributed by atoms with Crippen molar-refractivity contribution in [1.29, 1.82) is 0 Å². The van der Waals surface area contributed by atoms with Crippen molar-refractivity contribution >= 4 is 34.2 Å². The summed E-state index contributed by atoms with van der Waals surface area (Å²) < 4.78 is 0.965. The summed E-state index contributed by atoms with van der Waals surface area (Å²) in [5.41, 5.74) is 2.07. The minimum absolute atomic E-state index is 0.492. The van der Waals surface area contributed by atoms with E-state index in [9.17, 15) is 0 Å². The summed E-state index contributed by atoms with van der Waals surface area (Å²) in [5.74, 6) is 1.55. The van der Waals surface area contributed by atoms with E-state index in [1.165, 1.54) is 25.7 Å². The van der Waals surface area contributed by atoms with Crippen LogP contribution in [0.15, 0.2) is 12.4 Å². The van der Waals surface area contributed by atoms with Gasteiger partial charge in [0, 0.05) is 18.3 Å². The van der Waals surface area contributed by atoms with E-state index in [-0.39, 0.29) is 0 Å². The lowest BCUT2D eigenvalue weighted by Gasteiger charge is -2.12. The minimum Gasteiger partial charge on any atom is -0.234 e. The van der Waals surface area contributed by atoms with E-state index in [2.05, 4.69) is 42.5 Å². The van der Waals surface area contributed by atoms with E-state index < -0.39 is 0 Å². The summed E-state index contributed by atoms with van der Waals surface area (Å²) in [5, 5.41) is 0.502. The Kier molecular flexibility index (Phi) is 4.16. The van der Waals surface area contributed by atoms with Gasteiger partial charge < -0.3 is 0 Å². The molecule has 20 heavy (non-hydrogen) atoms. The van der Waals surface area contributed by atoms with Crippen molar-refractivity contribution in [2.24, 2.45) is 0 Å². The van der Waals surface area contributed by atoms with Crippen LogP contribution in [-0.2, 0) is 0 Å². The molecule has 0 unspecified atom stereocenters. The molecule has 1 fully saturated rings. The standard InChI is InChI=1S/C14H14ClIN4/c1-8-6-17-13(18-7-8)14-19-11(9-4-2-3-5-9)10(16)12(15)20-14/h6-7,9H,2-5H2,1H3. The van der Waals surface area contributed by atoms with E-state index >= 15 is 0 Å². The van der Waals surface area contributed by atoms with Crippen LogP contribution in [0.5, 0.6) is 0 Å². The molecule has 2 heterocycles. The second kappa shape index (κ2) is 5.89. The van der Waals surface area contributed by atoms with Crippen molar-refractivity contribution in [3.8, 4) is 11.6 Å². The van der Waals surface area contributed by atoms with Gasteiger partial charge in [-0.05, 0) is 47.9 Å². The van der Waals surface area contributed by atoms with Crippen LogP contribution in [-0.4, -0.2) is 19.9 Å². The number of halogens is 2. The Balaban J connectivity index is 2.05. The van der Waals surface area contributed by atoms with Crippen LogP contribution in [0.2, 0.25) is 5.15 Å². The van der Waals surface area contributed by atoms with Gasteiger partial charge in [-0.25, -0.2) is 19.9 Å². The molecule has 2 aromatic heterocycles. The molecule has 1 saturated carbocycles. The van der Waals surface area contributed by atoms with Gasteiger partial charge in [0.1, 0.15) is 5.15 Å². The highest BCUT2D eigenvalue weighted by Crippen LogP contribution is 2.37. The topological polar surface area (TPSA) is 51.6 Å². The van der Waals surface area contributed by atoms with Gasteiger partial charge in [0.25, 0.3) is 0 Å². The van der Waals surface area contributed by atoms with Crippen molar-refractivity contribution in [2.45, 2.75) is 38.5 Å². The number of rotatable bonds is 2. The van der Waals surface area contributed by atoms with Gasteiger partial charge >= 0.3 is 0 Å². The molecule has 0 N–H and O–H groups in total. The molecule has 0 aromatic carbocycles. The maximum absolute atomic E-state index is 6.26. The van der Waals surface area contributed by atoms with Crippen LogP contribution in [0.4, 0.5) is 0 Å². The van der Waals surface area contributed by atoms with E-state index in [0.717, 1.165) is 14.8 Å². The van der Waals surface area contributed by atoms with Crippen molar-refractivity contribution in [3.05, 3.63) is 32.4 Å². The molecule has 0 aliphatic heterocycles. The monoisotopic (exact) mass is 400 g/mol. The molecular formula is C14H14ClIN4. The Morgan fingerprint density at radius 1 is 1.10 bits per heavy atom. The van der Waals surface area contributed by atoms with E-state index in [1.807, 2.05) is 6.92 Å². The van der Waals surface area contributed by atoms with Gasteiger partial charge in [-0.15, -0.1) is 0 Å².